The molecule has 79 heavy (non-hydrogen) atoms. The summed E-state index contributed by atoms with van der Waals surface area (Å²) in [5.41, 5.74) is 28.3. The number of guanidine groups is 2. The summed E-state index contributed by atoms with van der Waals surface area (Å²) in [5, 5.41) is 31.2. The predicted octanol–water partition coefficient (Wildman–Crippen LogP) is -1.91. The summed E-state index contributed by atoms with van der Waals surface area (Å²) in [7, 11) is 0. The van der Waals surface area contributed by atoms with Crippen molar-refractivity contribution in [2.45, 2.75) is 109 Å². The van der Waals surface area contributed by atoms with Crippen LogP contribution < -0.4 is 71.2 Å². The number of carbonyl (C=O) groups is 9. The maximum absolute atomic E-state index is 14.3. The molecule has 0 saturated carbocycles. The summed E-state index contributed by atoms with van der Waals surface area (Å²) >= 11 is 0. The van der Waals surface area contributed by atoms with Crippen LogP contribution in [0.1, 0.15) is 76.0 Å². The molecule has 1 saturated heterocycles. The largest absolute Gasteiger partial charge is 0.508 e. The number of para-hydroxylation sites is 1. The zero-order valence-electron chi connectivity index (χ0n) is 44.8. The smallest absolute Gasteiger partial charge is 0.243 e. The molecule has 26 heteroatoms. The number of aromatic hydroxyl groups is 1. The van der Waals surface area contributed by atoms with E-state index in [1.807, 2.05) is 38.1 Å². The van der Waals surface area contributed by atoms with Crippen molar-refractivity contribution in [3.8, 4) is 5.75 Å². The maximum atomic E-state index is 14.3. The van der Waals surface area contributed by atoms with Gasteiger partial charge in [-0.25, -0.2) is 0 Å². The first-order valence-electron chi connectivity index (χ1n) is 25.7. The van der Waals surface area contributed by atoms with Crippen LogP contribution in [0, 0.1) is 0 Å². The number of H-pyrrole nitrogens is 1. The van der Waals surface area contributed by atoms with Crippen LogP contribution in [0.5, 0.6) is 5.75 Å². The van der Waals surface area contributed by atoms with Crippen LogP contribution in [0.2, 0.25) is 0 Å². The van der Waals surface area contributed by atoms with Crippen molar-refractivity contribution < 1.29 is 48.3 Å². The minimum absolute atomic E-state index is 0.0113. The summed E-state index contributed by atoms with van der Waals surface area (Å²) in [5.74, 6) is -6.61. The molecule has 428 valence electrons. The highest BCUT2D eigenvalue weighted by atomic mass is 16.3. The number of aromatic amines is 1. The first-order valence-corrected chi connectivity index (χ1v) is 25.7. The second-order valence-electron chi connectivity index (χ2n) is 18.2. The molecule has 5 rings (SSSR count). The number of carbonyl (C=O) groups excluding carboxylic acids is 9. The van der Waals surface area contributed by atoms with Crippen molar-refractivity contribution in [2.75, 3.05) is 32.7 Å². The SMILES string of the molecule is CC(=O)NCC(=O)NC1CC(=O)NCCCCC(C(N)=O)NC(=O)[C@H](Cc2c[nH]c3ccccc23)NC(=O)CNC(=O)C(Cc2ccccc2)NC(=O)[C@H](Cc2ccc(O)cc2)NC1=O.CCCN=C(N)N.CCCN=C(N)N. The fourth-order valence-corrected chi connectivity index (χ4v) is 7.60. The molecule has 0 radical (unpaired) electrons. The number of benzene rings is 3. The lowest BCUT2D eigenvalue weighted by molar-refractivity contribution is -0.135. The fraction of sp³-hybridized carbons (Fsp3) is 0.415. The number of phenols is 1. The van der Waals surface area contributed by atoms with Gasteiger partial charge in [0.05, 0.1) is 19.5 Å². The topological polar surface area (TPSA) is 441 Å². The molecular formula is C53H76N16O10. The Kier molecular flexibility index (Phi) is 27.9. The highest BCUT2D eigenvalue weighted by molar-refractivity contribution is 5.98. The summed E-state index contributed by atoms with van der Waals surface area (Å²) in [6.07, 6.45) is 3.50. The number of fused-ring (bicyclic) bond motifs is 1. The summed E-state index contributed by atoms with van der Waals surface area (Å²) in [6.45, 7) is 5.61. The monoisotopic (exact) mass is 1100 g/mol. The van der Waals surface area contributed by atoms with Gasteiger partial charge in [-0.05, 0) is 67.0 Å². The van der Waals surface area contributed by atoms with E-state index < -0.39 is 103 Å². The van der Waals surface area contributed by atoms with Crippen molar-refractivity contribution in [1.29, 1.82) is 0 Å². The Balaban J connectivity index is 0.00000103. The van der Waals surface area contributed by atoms with Crippen molar-refractivity contribution >= 4 is 76.0 Å². The number of hydrogen-bond acceptors (Lipinski definition) is 12. The minimum Gasteiger partial charge on any atom is -0.508 e. The van der Waals surface area contributed by atoms with E-state index in [0.717, 1.165) is 36.8 Å². The molecule has 2 heterocycles. The Morgan fingerprint density at radius 2 is 1.22 bits per heavy atom. The van der Waals surface area contributed by atoms with Gasteiger partial charge in [-0.2, -0.15) is 0 Å². The summed E-state index contributed by atoms with van der Waals surface area (Å²) in [6, 6.07) is 15.1. The number of phenolic OH excluding ortho intramolecular Hbond substituents is 1. The number of aliphatic imine (C=N–C) groups is 2. The molecule has 26 nitrogen and oxygen atoms in total. The molecule has 0 aliphatic carbocycles. The molecule has 5 atom stereocenters. The van der Waals surface area contributed by atoms with Crippen LogP contribution >= 0.6 is 0 Å². The Bertz CT molecular complexity index is 2690. The van der Waals surface area contributed by atoms with Crippen LogP contribution in [0.15, 0.2) is 95.0 Å². The van der Waals surface area contributed by atoms with Crippen molar-refractivity contribution in [3.63, 3.8) is 0 Å². The first-order chi connectivity index (χ1) is 37.7. The lowest BCUT2D eigenvalue weighted by Crippen LogP contribution is -2.59. The Morgan fingerprint density at radius 3 is 1.81 bits per heavy atom. The Morgan fingerprint density at radius 1 is 0.646 bits per heavy atom. The van der Waals surface area contributed by atoms with E-state index in [2.05, 4.69) is 57.5 Å². The van der Waals surface area contributed by atoms with Crippen LogP contribution in [0.3, 0.4) is 0 Å². The van der Waals surface area contributed by atoms with E-state index in [0.29, 0.717) is 23.1 Å². The third-order valence-corrected chi connectivity index (χ3v) is 11.6. The number of nitrogens with zero attached hydrogens (tertiary/aromatic N) is 2. The maximum Gasteiger partial charge on any atom is 0.243 e. The number of rotatable bonds is 14. The zero-order chi connectivity index (χ0) is 58.3. The van der Waals surface area contributed by atoms with Gasteiger partial charge in [-0.3, -0.25) is 53.1 Å². The highest BCUT2D eigenvalue weighted by Gasteiger charge is 2.32. The van der Waals surface area contributed by atoms with Gasteiger partial charge in [-0.1, -0.05) is 74.5 Å². The number of amides is 9. The number of hydrogen-bond donors (Lipinski definition) is 15. The second kappa shape index (κ2) is 34.4. The van der Waals surface area contributed by atoms with Gasteiger partial charge < -0.3 is 81.3 Å². The van der Waals surface area contributed by atoms with Gasteiger partial charge in [0.15, 0.2) is 11.9 Å². The normalized spacial score (nSPS) is 18.7. The molecule has 4 aromatic rings. The standard InChI is InChI=1S/C45H54N10O10.2C4H11N3/c1-26(56)48-24-39(59)52-37-22-38(58)47-18-8-7-13-33(41(46)61)53-44(64)36(21-29-23-49-32-12-6-5-11-31(29)32)51-40(60)25-50-42(62)34(19-27-9-3-2-4-10-27)54-43(63)35(55-45(37)65)20-28-14-16-30(57)17-15-28;2*1-2-3-7-4(5)6/h2-6,9-12,14-17,23,33-37,49,57H,7-8,13,18-22,24-25H2,1H3,(H2,46,61)(H,47,58)(H,48,56)(H,50,62)(H,51,60)(H,52,59)(H,53,64)(H,54,63)(H,55,65);2*2-3H2,1H3,(H4,5,6,7)/t33?,34?,35-,36-,37?;;/m0../s1. The quantitative estimate of drug-likeness (QED) is 0.0485. The molecule has 1 fully saturated rings. The Hall–Kier alpha value is -9.23. The molecule has 9 amide bonds. The van der Waals surface area contributed by atoms with E-state index >= 15 is 0 Å². The molecule has 0 bridgehead atoms. The summed E-state index contributed by atoms with van der Waals surface area (Å²) < 4.78 is 0. The van der Waals surface area contributed by atoms with E-state index in [4.69, 9.17) is 28.7 Å². The van der Waals surface area contributed by atoms with Crippen molar-refractivity contribution in [3.05, 3.63) is 102 Å². The van der Waals surface area contributed by atoms with E-state index in [-0.39, 0.29) is 56.3 Å². The van der Waals surface area contributed by atoms with Gasteiger partial charge in [0.1, 0.15) is 36.0 Å². The van der Waals surface area contributed by atoms with Crippen LogP contribution in [0.4, 0.5) is 0 Å². The van der Waals surface area contributed by atoms with Crippen molar-refractivity contribution in [2.24, 2.45) is 38.7 Å². The average Bonchev–Trinajstić information content (AvgIpc) is 3.84. The van der Waals surface area contributed by atoms with E-state index in [1.165, 1.54) is 31.2 Å². The van der Waals surface area contributed by atoms with Gasteiger partial charge in [0.25, 0.3) is 0 Å². The minimum atomic E-state index is -1.55. The van der Waals surface area contributed by atoms with Crippen LogP contribution in [0.25, 0.3) is 10.9 Å². The fourth-order valence-electron chi connectivity index (χ4n) is 7.60. The zero-order valence-corrected chi connectivity index (χ0v) is 44.8. The number of primary amides is 1. The van der Waals surface area contributed by atoms with Gasteiger partial charge >= 0.3 is 0 Å². The molecule has 1 aliphatic rings. The molecule has 1 aromatic heterocycles. The lowest BCUT2D eigenvalue weighted by Gasteiger charge is -2.26. The average molecular weight is 1100 g/mol. The van der Waals surface area contributed by atoms with E-state index in [1.54, 1.807) is 36.5 Å². The third kappa shape index (κ3) is 25.0. The van der Waals surface area contributed by atoms with E-state index in [9.17, 15) is 48.3 Å². The predicted molar refractivity (Wildman–Crippen MR) is 298 cm³/mol. The number of aromatic nitrogens is 1. The molecule has 3 unspecified atom stereocenters. The summed E-state index contributed by atoms with van der Waals surface area (Å²) in [4.78, 5) is 130. The van der Waals surface area contributed by atoms with Gasteiger partial charge in [0, 0.05) is 62.9 Å². The molecule has 3 aromatic carbocycles. The third-order valence-electron chi connectivity index (χ3n) is 11.6. The number of nitrogens with one attached hydrogen (secondary N) is 9. The lowest BCUT2D eigenvalue weighted by atomic mass is 10.0. The van der Waals surface area contributed by atoms with Gasteiger partial charge in [0.2, 0.25) is 53.2 Å². The molecule has 0 spiro atoms. The highest BCUT2D eigenvalue weighted by Crippen LogP contribution is 2.20. The van der Waals surface area contributed by atoms with Crippen LogP contribution in [-0.2, 0) is 62.4 Å². The second-order valence-corrected chi connectivity index (χ2v) is 18.2. The number of nitrogens with two attached hydrogens (primary N) is 5. The first kappa shape index (κ1) is 64.1. The van der Waals surface area contributed by atoms with Crippen molar-refractivity contribution in [1.82, 2.24) is 47.5 Å². The molecule has 20 N–H and O–H groups in total. The van der Waals surface area contributed by atoms with Crippen LogP contribution in [-0.4, -0.2) is 138 Å². The van der Waals surface area contributed by atoms with Gasteiger partial charge in [-0.15, -0.1) is 0 Å². The molecular weight excluding hydrogens is 1020 g/mol. The Labute approximate surface area is 458 Å². The molecule has 1 aliphatic heterocycles.